The normalized spacial score (nSPS) is 17.9. The lowest BCUT2D eigenvalue weighted by Gasteiger charge is -2.20. The number of halogens is 1. The van der Waals surface area contributed by atoms with E-state index in [1.807, 2.05) is 0 Å². The van der Waals surface area contributed by atoms with Gasteiger partial charge in [-0.2, -0.15) is 0 Å². The maximum absolute atomic E-state index is 13.7. The second kappa shape index (κ2) is 9.69. The lowest BCUT2D eigenvalue weighted by Crippen LogP contribution is -2.27. The monoisotopic (exact) mass is 513 g/mol. The number of para-hydroxylation sites is 1. The predicted molar refractivity (Wildman–Crippen MR) is 127 cm³/mol. The van der Waals surface area contributed by atoms with Gasteiger partial charge >= 0.3 is 0 Å². The van der Waals surface area contributed by atoms with Crippen molar-refractivity contribution < 1.29 is 26.7 Å². The summed E-state index contributed by atoms with van der Waals surface area (Å²) in [5.41, 5.74) is 0.453. The Bertz CT molecular complexity index is 1430. The molecule has 1 aliphatic rings. The molecule has 1 saturated carbocycles. The summed E-state index contributed by atoms with van der Waals surface area (Å²) in [6, 6.07) is 8.65. The van der Waals surface area contributed by atoms with Crippen molar-refractivity contribution in [2.75, 3.05) is 14.2 Å². The van der Waals surface area contributed by atoms with Crippen molar-refractivity contribution in [1.82, 2.24) is 24.7 Å². The van der Waals surface area contributed by atoms with Crippen LogP contribution in [0.2, 0.25) is 0 Å². The van der Waals surface area contributed by atoms with E-state index in [0.717, 1.165) is 12.4 Å². The fraction of sp³-hybridized carbons (Fsp3) is 0.333. The number of aromatic nitrogens is 5. The summed E-state index contributed by atoms with van der Waals surface area (Å²) in [5, 5.41) is 7.77. The number of sulfone groups is 1. The molecule has 0 aliphatic heterocycles. The zero-order chi connectivity index (χ0) is 25.3. The van der Waals surface area contributed by atoms with Crippen LogP contribution >= 0.6 is 0 Å². The SMILES string of the molecule is COc1cccc(OC)c1-n1c(CS(=O)(=O)[C@H]2CCC[C@@H]2c2ncc(F)cn2)nnc1-c1ccco1. The Morgan fingerprint density at radius 2 is 1.78 bits per heavy atom. The van der Waals surface area contributed by atoms with Gasteiger partial charge in [0.15, 0.2) is 27.2 Å². The zero-order valence-electron chi connectivity index (χ0n) is 19.7. The maximum Gasteiger partial charge on any atom is 0.204 e. The van der Waals surface area contributed by atoms with Crippen LogP contribution in [0.5, 0.6) is 11.5 Å². The molecule has 36 heavy (non-hydrogen) atoms. The molecule has 0 unspecified atom stereocenters. The van der Waals surface area contributed by atoms with Crippen molar-refractivity contribution in [2.45, 2.75) is 36.2 Å². The molecule has 0 radical (unpaired) electrons. The maximum atomic E-state index is 13.7. The first-order chi connectivity index (χ1) is 17.4. The Morgan fingerprint density at radius 3 is 2.42 bits per heavy atom. The highest BCUT2D eigenvalue weighted by Gasteiger charge is 2.41. The van der Waals surface area contributed by atoms with Gasteiger partial charge in [0, 0.05) is 5.92 Å². The molecule has 0 N–H and O–H groups in total. The number of furan rings is 1. The standard InChI is InChI=1S/C24H24FN5O5S/c1-33-17-7-4-8-18(34-2)22(17)30-21(28-29-24(30)19-9-5-11-35-19)14-36(31,32)20-10-3-6-16(20)23-26-12-15(25)13-27-23/h4-5,7-9,11-13,16,20H,3,6,10,14H2,1-2H3/t16-,20-/m0/s1. The van der Waals surface area contributed by atoms with E-state index in [0.29, 0.717) is 53.9 Å². The predicted octanol–water partition coefficient (Wildman–Crippen LogP) is 3.72. The highest BCUT2D eigenvalue weighted by atomic mass is 32.2. The molecule has 4 aromatic rings. The minimum atomic E-state index is -3.75. The van der Waals surface area contributed by atoms with E-state index in [4.69, 9.17) is 13.9 Å². The summed E-state index contributed by atoms with van der Waals surface area (Å²) in [6.07, 6.45) is 5.36. The van der Waals surface area contributed by atoms with Crippen LogP contribution in [-0.4, -0.2) is 52.6 Å². The topological polar surface area (TPSA) is 122 Å². The van der Waals surface area contributed by atoms with Gasteiger partial charge in [0.05, 0.1) is 38.1 Å². The number of hydrogen-bond acceptors (Lipinski definition) is 9. The lowest BCUT2D eigenvalue weighted by atomic mass is 10.1. The van der Waals surface area contributed by atoms with Gasteiger partial charge in [-0.25, -0.2) is 22.8 Å². The highest BCUT2D eigenvalue weighted by Crippen LogP contribution is 2.40. The smallest absolute Gasteiger partial charge is 0.204 e. The molecular weight excluding hydrogens is 489 g/mol. The number of methoxy groups -OCH3 is 2. The molecule has 0 spiro atoms. The Hall–Kier alpha value is -3.80. The third kappa shape index (κ3) is 4.32. The average molecular weight is 514 g/mol. The van der Waals surface area contributed by atoms with Crippen LogP contribution in [-0.2, 0) is 15.6 Å². The largest absolute Gasteiger partial charge is 0.494 e. The molecule has 10 nitrogen and oxygen atoms in total. The average Bonchev–Trinajstić information content (AvgIpc) is 3.65. The molecule has 1 aliphatic carbocycles. The van der Waals surface area contributed by atoms with Gasteiger partial charge in [0.25, 0.3) is 0 Å². The Kier molecular flexibility index (Phi) is 6.44. The van der Waals surface area contributed by atoms with E-state index in [1.165, 1.54) is 20.5 Å². The molecule has 1 fully saturated rings. The second-order valence-corrected chi connectivity index (χ2v) is 10.6. The second-order valence-electron chi connectivity index (χ2n) is 8.41. The van der Waals surface area contributed by atoms with Gasteiger partial charge in [-0.05, 0) is 37.1 Å². The van der Waals surface area contributed by atoms with Gasteiger partial charge in [0.2, 0.25) is 5.82 Å². The van der Waals surface area contributed by atoms with Crippen molar-refractivity contribution in [3.63, 3.8) is 0 Å². The quantitative estimate of drug-likeness (QED) is 0.347. The summed E-state index contributed by atoms with van der Waals surface area (Å²) in [6.45, 7) is 0. The van der Waals surface area contributed by atoms with Crippen LogP contribution in [0.15, 0.2) is 53.4 Å². The van der Waals surface area contributed by atoms with Gasteiger partial charge in [0.1, 0.15) is 28.8 Å². The van der Waals surface area contributed by atoms with E-state index < -0.39 is 32.6 Å². The summed E-state index contributed by atoms with van der Waals surface area (Å²) >= 11 is 0. The van der Waals surface area contributed by atoms with Crippen LogP contribution in [0.1, 0.15) is 36.8 Å². The highest BCUT2D eigenvalue weighted by molar-refractivity contribution is 7.91. The summed E-state index contributed by atoms with van der Waals surface area (Å²) in [4.78, 5) is 8.10. The lowest BCUT2D eigenvalue weighted by molar-refractivity contribution is 0.390. The summed E-state index contributed by atoms with van der Waals surface area (Å²) < 4.78 is 59.1. The molecule has 188 valence electrons. The van der Waals surface area contributed by atoms with Gasteiger partial charge < -0.3 is 13.9 Å². The van der Waals surface area contributed by atoms with Gasteiger partial charge in [-0.3, -0.25) is 4.57 Å². The first kappa shape index (κ1) is 23.9. The van der Waals surface area contributed by atoms with Crippen LogP contribution in [0, 0.1) is 5.82 Å². The fourth-order valence-corrected chi connectivity index (χ4v) is 6.76. The molecular formula is C24H24FN5O5S. The van der Waals surface area contributed by atoms with E-state index in [2.05, 4.69) is 20.2 Å². The zero-order valence-corrected chi connectivity index (χ0v) is 20.5. The Labute approximate surface area is 207 Å². The van der Waals surface area contributed by atoms with Crippen molar-refractivity contribution in [2.24, 2.45) is 0 Å². The van der Waals surface area contributed by atoms with Gasteiger partial charge in [-0.1, -0.05) is 12.5 Å². The van der Waals surface area contributed by atoms with Gasteiger partial charge in [-0.15, -0.1) is 10.2 Å². The van der Waals surface area contributed by atoms with Crippen molar-refractivity contribution in [3.05, 3.63) is 66.5 Å². The Balaban J connectivity index is 1.59. The third-order valence-electron chi connectivity index (χ3n) is 6.31. The van der Waals surface area contributed by atoms with Crippen molar-refractivity contribution in [3.8, 4) is 28.8 Å². The fourth-order valence-electron chi connectivity index (χ4n) is 4.71. The molecule has 12 heteroatoms. The van der Waals surface area contributed by atoms with E-state index in [1.54, 1.807) is 34.9 Å². The number of ether oxygens (including phenoxy) is 2. The third-order valence-corrected chi connectivity index (χ3v) is 8.46. The number of nitrogens with zero attached hydrogens (tertiary/aromatic N) is 5. The van der Waals surface area contributed by atoms with E-state index in [-0.39, 0.29) is 5.82 Å². The molecule has 5 rings (SSSR count). The molecule has 0 saturated heterocycles. The first-order valence-corrected chi connectivity index (χ1v) is 13.0. The molecule has 3 heterocycles. The van der Waals surface area contributed by atoms with Crippen LogP contribution < -0.4 is 9.47 Å². The van der Waals surface area contributed by atoms with Crippen LogP contribution in [0.25, 0.3) is 17.3 Å². The van der Waals surface area contributed by atoms with Crippen LogP contribution in [0.4, 0.5) is 4.39 Å². The first-order valence-electron chi connectivity index (χ1n) is 11.3. The number of benzene rings is 1. The summed E-state index contributed by atoms with van der Waals surface area (Å²) in [5.74, 6) is 0.692. The van der Waals surface area contributed by atoms with Crippen molar-refractivity contribution >= 4 is 9.84 Å². The minimum Gasteiger partial charge on any atom is -0.494 e. The number of rotatable bonds is 8. The van der Waals surface area contributed by atoms with E-state index in [9.17, 15) is 12.8 Å². The van der Waals surface area contributed by atoms with E-state index >= 15 is 0 Å². The minimum absolute atomic E-state index is 0.176. The molecule has 0 bridgehead atoms. The molecule has 2 atom stereocenters. The molecule has 1 aromatic carbocycles. The summed E-state index contributed by atoms with van der Waals surface area (Å²) in [7, 11) is -0.732. The Morgan fingerprint density at radius 1 is 1.06 bits per heavy atom. The molecule has 3 aromatic heterocycles. The number of hydrogen-bond donors (Lipinski definition) is 0. The van der Waals surface area contributed by atoms with Crippen LogP contribution in [0.3, 0.4) is 0 Å². The molecule has 0 amide bonds. The van der Waals surface area contributed by atoms with Crippen molar-refractivity contribution in [1.29, 1.82) is 0 Å².